The van der Waals surface area contributed by atoms with Crippen molar-refractivity contribution in [2.45, 2.75) is 57.6 Å². The highest BCUT2D eigenvalue weighted by molar-refractivity contribution is 5.83. The van der Waals surface area contributed by atoms with E-state index in [9.17, 15) is 9.59 Å². The number of hydrogen-bond donors (Lipinski definition) is 2. The van der Waals surface area contributed by atoms with E-state index in [0.29, 0.717) is 18.4 Å². The second-order valence-electron chi connectivity index (χ2n) is 8.41. The van der Waals surface area contributed by atoms with Crippen molar-refractivity contribution >= 4 is 11.8 Å². The van der Waals surface area contributed by atoms with Gasteiger partial charge in [0.25, 0.3) is 0 Å². The Morgan fingerprint density at radius 2 is 1.80 bits per heavy atom. The molecule has 4 bridgehead atoms. The first kappa shape index (κ1) is 16.6. The van der Waals surface area contributed by atoms with Gasteiger partial charge in [0.05, 0.1) is 12.0 Å². The number of carbonyl (C=O) groups is 2. The summed E-state index contributed by atoms with van der Waals surface area (Å²) < 4.78 is 0. The van der Waals surface area contributed by atoms with E-state index < -0.39 is 0 Å². The first-order chi connectivity index (χ1) is 12.0. The number of rotatable bonds is 5. The topological polar surface area (TPSA) is 67.4 Å². The van der Waals surface area contributed by atoms with Crippen LogP contribution in [0.2, 0.25) is 0 Å². The summed E-state index contributed by atoms with van der Waals surface area (Å²) in [5.41, 5.74) is 3.16. The lowest BCUT2D eigenvalue weighted by Crippen LogP contribution is -2.65. The van der Waals surface area contributed by atoms with E-state index in [4.69, 9.17) is 4.84 Å². The zero-order valence-electron chi connectivity index (χ0n) is 14.7. The molecule has 4 aliphatic rings. The molecule has 0 spiro atoms. The lowest BCUT2D eigenvalue weighted by atomic mass is 9.46. The number of benzene rings is 1. The van der Waals surface area contributed by atoms with E-state index in [1.165, 1.54) is 6.42 Å². The largest absolute Gasteiger partial charge is 0.351 e. The van der Waals surface area contributed by atoms with Crippen molar-refractivity contribution in [3.63, 3.8) is 0 Å². The predicted molar refractivity (Wildman–Crippen MR) is 93.0 cm³/mol. The molecule has 5 heteroatoms. The van der Waals surface area contributed by atoms with E-state index in [0.717, 1.165) is 37.7 Å². The maximum Gasteiger partial charge on any atom is 0.249 e. The quantitative estimate of drug-likeness (QED) is 0.809. The first-order valence-corrected chi connectivity index (χ1v) is 9.24. The number of hydroxylamine groups is 1. The third-order valence-electron chi connectivity index (χ3n) is 6.23. The normalized spacial score (nSPS) is 35.4. The number of amides is 2. The summed E-state index contributed by atoms with van der Waals surface area (Å²) in [6.45, 7) is 1.95. The third-order valence-corrected chi connectivity index (χ3v) is 6.23. The molecule has 4 fully saturated rings. The van der Waals surface area contributed by atoms with Gasteiger partial charge in [0.15, 0.2) is 0 Å². The lowest BCUT2D eigenvalue weighted by Gasteiger charge is -2.61. The van der Waals surface area contributed by atoms with Gasteiger partial charge in [-0.3, -0.25) is 14.4 Å². The molecule has 0 aromatic heterocycles. The molecule has 1 aromatic carbocycles. The number of hydrogen-bond acceptors (Lipinski definition) is 3. The second kappa shape index (κ2) is 6.13. The van der Waals surface area contributed by atoms with Crippen LogP contribution in [-0.2, 0) is 21.0 Å². The van der Waals surface area contributed by atoms with Crippen LogP contribution in [0.5, 0.6) is 0 Å². The Morgan fingerprint density at radius 1 is 1.12 bits per heavy atom. The molecule has 2 atom stereocenters. The molecule has 2 unspecified atom stereocenters. The van der Waals surface area contributed by atoms with E-state index in [2.05, 4.69) is 10.8 Å². The first-order valence-electron chi connectivity index (χ1n) is 9.24. The summed E-state index contributed by atoms with van der Waals surface area (Å²) in [7, 11) is 0. The molecule has 4 aliphatic carbocycles. The Hall–Kier alpha value is -1.88. The molecule has 0 saturated heterocycles. The van der Waals surface area contributed by atoms with Crippen molar-refractivity contribution in [3.05, 3.63) is 35.9 Å². The van der Waals surface area contributed by atoms with Crippen LogP contribution < -0.4 is 10.8 Å². The van der Waals surface area contributed by atoms with Gasteiger partial charge < -0.3 is 5.32 Å². The van der Waals surface area contributed by atoms with Crippen molar-refractivity contribution in [1.29, 1.82) is 0 Å². The van der Waals surface area contributed by atoms with Crippen molar-refractivity contribution in [2.75, 3.05) is 0 Å². The van der Waals surface area contributed by atoms with Crippen LogP contribution in [0, 0.1) is 17.3 Å². The van der Waals surface area contributed by atoms with Gasteiger partial charge in [0.2, 0.25) is 11.8 Å². The highest BCUT2D eigenvalue weighted by Gasteiger charge is 2.61. The van der Waals surface area contributed by atoms with Gasteiger partial charge in [0, 0.05) is 12.5 Å². The zero-order chi connectivity index (χ0) is 17.5. The Kier molecular flexibility index (Phi) is 4.07. The molecule has 2 amide bonds. The maximum atomic E-state index is 13.0. The van der Waals surface area contributed by atoms with Crippen LogP contribution in [0.25, 0.3) is 0 Å². The van der Waals surface area contributed by atoms with Crippen molar-refractivity contribution in [2.24, 2.45) is 17.3 Å². The smallest absolute Gasteiger partial charge is 0.249 e. The molecule has 134 valence electrons. The molecular weight excluding hydrogens is 316 g/mol. The maximum absolute atomic E-state index is 13.0. The monoisotopic (exact) mass is 342 g/mol. The molecule has 0 aliphatic heterocycles. The minimum Gasteiger partial charge on any atom is -0.351 e. The molecule has 0 radical (unpaired) electrons. The van der Waals surface area contributed by atoms with Crippen LogP contribution in [0.4, 0.5) is 0 Å². The SMILES string of the molecule is CC(=O)NC12CC3CC(C1)CC(C(=O)NOCc1ccccc1)(C3)C2. The number of nitrogens with one attached hydrogen (secondary N) is 2. The summed E-state index contributed by atoms with van der Waals surface area (Å²) >= 11 is 0. The molecule has 5 rings (SSSR count). The van der Waals surface area contributed by atoms with E-state index in [1.807, 2.05) is 30.3 Å². The highest BCUT2D eigenvalue weighted by Crippen LogP contribution is 2.61. The molecule has 1 aromatic rings. The molecule has 0 heterocycles. The Balaban J connectivity index is 1.43. The molecule has 25 heavy (non-hydrogen) atoms. The molecule has 4 saturated carbocycles. The van der Waals surface area contributed by atoms with E-state index in [-0.39, 0.29) is 22.8 Å². The van der Waals surface area contributed by atoms with Gasteiger partial charge in [-0.25, -0.2) is 5.48 Å². The van der Waals surface area contributed by atoms with Gasteiger partial charge in [0.1, 0.15) is 0 Å². The Bertz CT molecular complexity index is 659. The minimum atomic E-state index is -0.386. The summed E-state index contributed by atoms with van der Waals surface area (Å²) in [5.74, 6) is 1.08. The third kappa shape index (κ3) is 3.17. The van der Waals surface area contributed by atoms with E-state index in [1.54, 1.807) is 6.92 Å². The average molecular weight is 342 g/mol. The average Bonchev–Trinajstić information content (AvgIpc) is 2.53. The second-order valence-corrected chi connectivity index (χ2v) is 8.41. The van der Waals surface area contributed by atoms with Crippen molar-refractivity contribution in [3.8, 4) is 0 Å². The van der Waals surface area contributed by atoms with Crippen LogP contribution in [0.3, 0.4) is 0 Å². The van der Waals surface area contributed by atoms with Crippen molar-refractivity contribution in [1.82, 2.24) is 10.8 Å². The van der Waals surface area contributed by atoms with Crippen LogP contribution in [-0.4, -0.2) is 17.4 Å². The Labute approximate surface area is 148 Å². The van der Waals surface area contributed by atoms with Crippen LogP contribution >= 0.6 is 0 Å². The van der Waals surface area contributed by atoms with Crippen LogP contribution in [0.1, 0.15) is 51.0 Å². The summed E-state index contributed by atoms with van der Waals surface area (Å²) in [5, 5.41) is 3.19. The fourth-order valence-electron chi connectivity index (χ4n) is 5.92. The van der Waals surface area contributed by atoms with Gasteiger partial charge >= 0.3 is 0 Å². The van der Waals surface area contributed by atoms with E-state index >= 15 is 0 Å². The fourth-order valence-corrected chi connectivity index (χ4v) is 5.92. The highest BCUT2D eigenvalue weighted by atomic mass is 16.6. The van der Waals surface area contributed by atoms with Gasteiger partial charge in [-0.1, -0.05) is 30.3 Å². The number of carbonyl (C=O) groups excluding carboxylic acids is 2. The predicted octanol–water partition coefficient (Wildman–Crippen LogP) is 2.71. The van der Waals surface area contributed by atoms with Gasteiger partial charge in [-0.2, -0.15) is 0 Å². The fraction of sp³-hybridized carbons (Fsp3) is 0.600. The zero-order valence-corrected chi connectivity index (χ0v) is 14.7. The Morgan fingerprint density at radius 3 is 2.44 bits per heavy atom. The van der Waals surface area contributed by atoms with Crippen LogP contribution in [0.15, 0.2) is 30.3 Å². The summed E-state index contributed by atoms with van der Waals surface area (Å²) in [4.78, 5) is 30.2. The standard InChI is InChI=1S/C20H26N2O3/c1-14(23)21-20-10-16-7-17(11-20)9-19(8-16,13-20)18(24)22-25-12-15-5-3-2-4-6-15/h2-6,16-17H,7-13H2,1H3,(H,21,23)(H,22,24). The molecule has 5 nitrogen and oxygen atoms in total. The molecular formula is C20H26N2O3. The molecule has 2 N–H and O–H groups in total. The summed E-state index contributed by atoms with van der Waals surface area (Å²) in [6, 6.07) is 9.82. The lowest BCUT2D eigenvalue weighted by molar-refractivity contribution is -0.165. The van der Waals surface area contributed by atoms with Crippen molar-refractivity contribution < 1.29 is 14.4 Å². The van der Waals surface area contributed by atoms with Gasteiger partial charge in [-0.05, 0) is 55.9 Å². The minimum absolute atomic E-state index is 0.00717. The van der Waals surface area contributed by atoms with Gasteiger partial charge in [-0.15, -0.1) is 0 Å². The summed E-state index contributed by atoms with van der Waals surface area (Å²) in [6.07, 6.45) is 5.82.